The van der Waals surface area contributed by atoms with Gasteiger partial charge in [0.15, 0.2) is 6.10 Å². The SMILES string of the molecule is CCCCCCCCCCCCCCCCC(=O)O[C@@H](COC(=O)CCCCCCCCCCCCCCCCCC(C)C)COC(=O)CCCCCCCCCCCCC(C)C. The molecule has 0 aromatic heterocycles. The number of hydrogen-bond donors (Lipinski definition) is 0. The third-order valence-corrected chi connectivity index (χ3v) is 13.0. The zero-order chi connectivity index (χ0) is 46.1. The summed E-state index contributed by atoms with van der Waals surface area (Å²) in [6.45, 7) is 11.4. The summed E-state index contributed by atoms with van der Waals surface area (Å²) in [7, 11) is 0. The van der Waals surface area contributed by atoms with Crippen molar-refractivity contribution in [1.29, 1.82) is 0 Å². The second-order valence-corrected chi connectivity index (χ2v) is 20.5. The van der Waals surface area contributed by atoms with Crippen molar-refractivity contribution in [3.63, 3.8) is 0 Å². The summed E-state index contributed by atoms with van der Waals surface area (Å²) in [6, 6.07) is 0. The zero-order valence-corrected chi connectivity index (χ0v) is 43.2. The molecule has 0 aliphatic heterocycles. The van der Waals surface area contributed by atoms with E-state index in [1.54, 1.807) is 0 Å². The van der Waals surface area contributed by atoms with Crippen molar-refractivity contribution in [1.82, 2.24) is 0 Å². The summed E-state index contributed by atoms with van der Waals surface area (Å²) < 4.78 is 16.9. The molecule has 0 heterocycles. The molecular weight excluding hydrogens is 781 g/mol. The van der Waals surface area contributed by atoms with E-state index in [9.17, 15) is 14.4 Å². The number of carbonyl (C=O) groups is 3. The lowest BCUT2D eigenvalue weighted by Crippen LogP contribution is -2.30. The van der Waals surface area contributed by atoms with Crippen LogP contribution in [0, 0.1) is 11.8 Å². The van der Waals surface area contributed by atoms with Crippen LogP contribution in [0.2, 0.25) is 0 Å². The van der Waals surface area contributed by atoms with Crippen molar-refractivity contribution < 1.29 is 28.6 Å². The van der Waals surface area contributed by atoms with Crippen molar-refractivity contribution in [2.24, 2.45) is 11.8 Å². The minimum absolute atomic E-state index is 0.0629. The first-order valence-corrected chi connectivity index (χ1v) is 28.2. The predicted octanol–water partition coefficient (Wildman–Crippen LogP) is 18.5. The van der Waals surface area contributed by atoms with Gasteiger partial charge in [0.2, 0.25) is 0 Å². The fourth-order valence-electron chi connectivity index (χ4n) is 8.70. The second kappa shape index (κ2) is 49.8. The Bertz CT molecular complexity index is 962. The molecule has 6 heteroatoms. The standard InChI is InChI=1S/C57H110O6/c1-6-7-8-9-10-11-12-13-18-22-29-34-39-44-49-57(60)63-54(51-62-56(59)48-43-38-33-28-24-23-26-31-36-41-46-53(4)5)50-61-55(58)47-42-37-32-27-21-19-16-14-15-17-20-25-30-35-40-45-52(2)3/h52-54H,6-51H2,1-5H3/t54-/m0/s1. The largest absolute Gasteiger partial charge is 0.462 e. The van der Waals surface area contributed by atoms with Gasteiger partial charge >= 0.3 is 17.9 Å². The number of hydrogen-bond acceptors (Lipinski definition) is 6. The van der Waals surface area contributed by atoms with E-state index in [4.69, 9.17) is 14.2 Å². The Kier molecular flexibility index (Phi) is 48.6. The molecule has 0 aliphatic rings. The maximum Gasteiger partial charge on any atom is 0.306 e. The van der Waals surface area contributed by atoms with Gasteiger partial charge in [-0.25, -0.2) is 0 Å². The van der Waals surface area contributed by atoms with Crippen molar-refractivity contribution >= 4 is 17.9 Å². The highest BCUT2D eigenvalue weighted by Gasteiger charge is 2.19. The van der Waals surface area contributed by atoms with E-state index >= 15 is 0 Å². The Labute approximate surface area is 393 Å². The van der Waals surface area contributed by atoms with Crippen molar-refractivity contribution in [3.8, 4) is 0 Å². The average molecular weight is 892 g/mol. The van der Waals surface area contributed by atoms with Crippen LogP contribution >= 0.6 is 0 Å². The molecule has 0 saturated carbocycles. The van der Waals surface area contributed by atoms with E-state index < -0.39 is 6.10 Å². The Morgan fingerprint density at radius 3 is 0.778 bits per heavy atom. The molecule has 0 spiro atoms. The smallest absolute Gasteiger partial charge is 0.306 e. The van der Waals surface area contributed by atoms with Crippen LogP contribution in [-0.4, -0.2) is 37.2 Å². The molecule has 0 aromatic rings. The fourth-order valence-corrected chi connectivity index (χ4v) is 8.70. The van der Waals surface area contributed by atoms with Gasteiger partial charge in [0.25, 0.3) is 0 Å². The molecule has 0 aromatic carbocycles. The molecule has 0 N–H and O–H groups in total. The lowest BCUT2D eigenvalue weighted by atomic mass is 10.0. The van der Waals surface area contributed by atoms with Gasteiger partial charge < -0.3 is 14.2 Å². The Morgan fingerprint density at radius 1 is 0.302 bits per heavy atom. The van der Waals surface area contributed by atoms with Crippen molar-refractivity contribution in [3.05, 3.63) is 0 Å². The molecule has 374 valence electrons. The van der Waals surface area contributed by atoms with E-state index in [-0.39, 0.29) is 31.1 Å². The minimum Gasteiger partial charge on any atom is -0.462 e. The molecule has 63 heavy (non-hydrogen) atoms. The van der Waals surface area contributed by atoms with Gasteiger partial charge in [0.1, 0.15) is 13.2 Å². The van der Waals surface area contributed by atoms with Gasteiger partial charge in [-0.05, 0) is 31.1 Å². The van der Waals surface area contributed by atoms with Crippen LogP contribution in [0.4, 0.5) is 0 Å². The maximum absolute atomic E-state index is 12.8. The second-order valence-electron chi connectivity index (χ2n) is 20.5. The summed E-state index contributed by atoms with van der Waals surface area (Å²) >= 11 is 0. The monoisotopic (exact) mass is 891 g/mol. The number of rotatable bonds is 51. The fraction of sp³-hybridized carbons (Fsp3) is 0.947. The summed E-state index contributed by atoms with van der Waals surface area (Å²) in [4.78, 5) is 38.1. The van der Waals surface area contributed by atoms with Gasteiger partial charge in [0.05, 0.1) is 0 Å². The third-order valence-electron chi connectivity index (χ3n) is 13.0. The van der Waals surface area contributed by atoms with Crippen molar-refractivity contribution in [2.75, 3.05) is 13.2 Å². The van der Waals surface area contributed by atoms with Crippen LogP contribution in [0.25, 0.3) is 0 Å². The average Bonchev–Trinajstić information content (AvgIpc) is 3.25. The zero-order valence-electron chi connectivity index (χ0n) is 43.2. The third kappa shape index (κ3) is 51.3. The van der Waals surface area contributed by atoms with Gasteiger partial charge in [-0.3, -0.25) is 14.4 Å². The van der Waals surface area contributed by atoms with Crippen LogP contribution in [0.1, 0.15) is 317 Å². The Morgan fingerprint density at radius 2 is 0.524 bits per heavy atom. The Balaban J connectivity index is 4.28. The van der Waals surface area contributed by atoms with E-state index in [1.165, 1.54) is 205 Å². The van der Waals surface area contributed by atoms with E-state index in [0.29, 0.717) is 19.3 Å². The van der Waals surface area contributed by atoms with Gasteiger partial charge in [-0.1, -0.05) is 279 Å². The minimum atomic E-state index is -0.762. The van der Waals surface area contributed by atoms with Crippen LogP contribution in [0.15, 0.2) is 0 Å². The number of unbranched alkanes of at least 4 members (excludes halogenated alkanes) is 36. The first-order valence-electron chi connectivity index (χ1n) is 28.2. The van der Waals surface area contributed by atoms with Crippen LogP contribution in [0.5, 0.6) is 0 Å². The molecule has 6 nitrogen and oxygen atoms in total. The normalized spacial score (nSPS) is 12.0. The molecule has 0 rings (SSSR count). The lowest BCUT2D eigenvalue weighted by molar-refractivity contribution is -0.167. The maximum atomic E-state index is 12.8. The first kappa shape index (κ1) is 61.4. The van der Waals surface area contributed by atoms with E-state index in [1.807, 2.05) is 0 Å². The summed E-state index contributed by atoms with van der Waals surface area (Å²) in [5, 5.41) is 0. The highest BCUT2D eigenvalue weighted by atomic mass is 16.6. The van der Waals surface area contributed by atoms with Gasteiger partial charge in [-0.2, -0.15) is 0 Å². The van der Waals surface area contributed by atoms with Gasteiger partial charge in [0, 0.05) is 19.3 Å². The van der Waals surface area contributed by atoms with E-state index in [2.05, 4.69) is 34.6 Å². The summed E-state index contributed by atoms with van der Waals surface area (Å²) in [5.74, 6) is 0.826. The molecule has 0 saturated heterocycles. The lowest BCUT2D eigenvalue weighted by Gasteiger charge is -2.18. The quantitative estimate of drug-likeness (QED) is 0.0344. The molecule has 0 unspecified atom stereocenters. The molecule has 0 bridgehead atoms. The molecule has 1 atom stereocenters. The van der Waals surface area contributed by atoms with E-state index in [0.717, 1.165) is 69.6 Å². The summed E-state index contributed by atoms with van der Waals surface area (Å²) in [6.07, 6.45) is 52.3. The van der Waals surface area contributed by atoms with Crippen molar-refractivity contribution in [2.45, 2.75) is 323 Å². The van der Waals surface area contributed by atoms with Gasteiger partial charge in [-0.15, -0.1) is 0 Å². The predicted molar refractivity (Wildman–Crippen MR) is 270 cm³/mol. The van der Waals surface area contributed by atoms with Crippen LogP contribution < -0.4 is 0 Å². The number of carbonyl (C=O) groups excluding carboxylic acids is 3. The number of ether oxygens (including phenoxy) is 3. The highest BCUT2D eigenvalue weighted by molar-refractivity contribution is 5.71. The molecule has 0 fully saturated rings. The first-order chi connectivity index (χ1) is 30.7. The van der Waals surface area contributed by atoms with Crippen LogP contribution in [-0.2, 0) is 28.6 Å². The topological polar surface area (TPSA) is 78.9 Å². The molecular formula is C57H110O6. The van der Waals surface area contributed by atoms with Crippen LogP contribution in [0.3, 0.4) is 0 Å². The highest BCUT2D eigenvalue weighted by Crippen LogP contribution is 2.18. The number of esters is 3. The Hall–Kier alpha value is -1.59. The molecule has 0 amide bonds. The summed E-state index contributed by atoms with van der Waals surface area (Å²) in [5.41, 5.74) is 0. The molecule has 0 radical (unpaired) electrons. The molecule has 0 aliphatic carbocycles.